The summed E-state index contributed by atoms with van der Waals surface area (Å²) < 4.78 is 5.10. The van der Waals surface area contributed by atoms with Gasteiger partial charge in [0.05, 0.1) is 13.2 Å². The minimum Gasteiger partial charge on any atom is -0.497 e. The van der Waals surface area contributed by atoms with Gasteiger partial charge in [0, 0.05) is 10.6 Å². The lowest BCUT2D eigenvalue weighted by Gasteiger charge is -2.14. The van der Waals surface area contributed by atoms with Crippen LogP contribution in [0.1, 0.15) is 0 Å². The maximum Gasteiger partial charge on any atom is 0.249 e. The first-order chi connectivity index (χ1) is 9.69. The molecule has 0 fully saturated rings. The van der Waals surface area contributed by atoms with Crippen molar-refractivity contribution < 1.29 is 9.66 Å². The number of nitrogens with one attached hydrogen (secondary N) is 1. The summed E-state index contributed by atoms with van der Waals surface area (Å²) in [5, 5.41) is 14.1. The van der Waals surface area contributed by atoms with E-state index in [0.717, 1.165) is 11.4 Å². The van der Waals surface area contributed by atoms with Crippen molar-refractivity contribution in [2.24, 2.45) is 0 Å². The Kier molecular flexibility index (Phi) is 4.55. The minimum atomic E-state index is -0.778. The third-order valence-corrected chi connectivity index (χ3v) is 2.92. The topological polar surface area (TPSA) is 64.4 Å². The highest BCUT2D eigenvalue weighted by atomic mass is 16.6. The van der Waals surface area contributed by atoms with E-state index in [1.165, 1.54) is 0 Å². The summed E-state index contributed by atoms with van der Waals surface area (Å²) in [5.74, 6) is 0.788. The lowest BCUT2D eigenvalue weighted by atomic mass is 10.1. The molecule has 20 heavy (non-hydrogen) atoms. The molecule has 104 valence electrons. The number of nitro groups is 1. The first-order valence-electron chi connectivity index (χ1n) is 6.26. The zero-order valence-electron chi connectivity index (χ0n) is 11.1. The number of allylic oxidation sites excluding steroid dienone is 2. The third kappa shape index (κ3) is 3.71. The van der Waals surface area contributed by atoms with Gasteiger partial charge in [-0.3, -0.25) is 10.1 Å². The molecule has 2 rings (SSSR count). The van der Waals surface area contributed by atoms with Crippen LogP contribution in [0, 0.1) is 10.1 Å². The summed E-state index contributed by atoms with van der Waals surface area (Å²) in [6.07, 6.45) is 10.4. The first-order valence-corrected chi connectivity index (χ1v) is 6.26. The summed E-state index contributed by atoms with van der Waals surface area (Å²) in [6.45, 7) is 0. The van der Waals surface area contributed by atoms with E-state index in [1.807, 2.05) is 30.3 Å². The zero-order valence-corrected chi connectivity index (χ0v) is 11.1. The molecule has 1 aliphatic carbocycles. The Morgan fingerprint density at radius 3 is 2.45 bits per heavy atom. The van der Waals surface area contributed by atoms with Crippen LogP contribution in [0.4, 0.5) is 5.69 Å². The fourth-order valence-corrected chi connectivity index (χ4v) is 1.84. The Hall–Kier alpha value is -2.56. The summed E-state index contributed by atoms with van der Waals surface area (Å²) in [5.41, 5.74) is 0.923. The van der Waals surface area contributed by atoms with Crippen molar-refractivity contribution in [3.8, 4) is 5.75 Å². The molecule has 2 atom stereocenters. The maximum absolute atomic E-state index is 10.8. The average Bonchev–Trinajstić information content (AvgIpc) is 2.42. The molecule has 0 aliphatic heterocycles. The van der Waals surface area contributed by atoms with E-state index >= 15 is 0 Å². The van der Waals surface area contributed by atoms with Crippen molar-refractivity contribution in [1.82, 2.24) is 0 Å². The van der Waals surface area contributed by atoms with E-state index in [4.69, 9.17) is 4.74 Å². The molecular weight excluding hydrogens is 256 g/mol. The zero-order chi connectivity index (χ0) is 14.4. The van der Waals surface area contributed by atoms with Crippen molar-refractivity contribution in [2.45, 2.75) is 12.1 Å². The van der Waals surface area contributed by atoms with Crippen LogP contribution < -0.4 is 10.1 Å². The quantitative estimate of drug-likeness (QED) is 0.520. The van der Waals surface area contributed by atoms with Gasteiger partial charge in [0.15, 0.2) is 0 Å². The summed E-state index contributed by atoms with van der Waals surface area (Å²) in [4.78, 5) is 10.5. The second kappa shape index (κ2) is 6.56. The lowest BCUT2D eigenvalue weighted by Crippen LogP contribution is -2.18. The van der Waals surface area contributed by atoms with Gasteiger partial charge in [-0.1, -0.05) is 24.3 Å². The van der Waals surface area contributed by atoms with Gasteiger partial charge in [0.25, 0.3) is 0 Å². The fraction of sp³-hybridized carbons (Fsp3) is 0.200. The van der Waals surface area contributed by atoms with E-state index in [-0.39, 0.29) is 11.0 Å². The van der Waals surface area contributed by atoms with Crippen LogP contribution in [0.5, 0.6) is 5.75 Å². The van der Waals surface area contributed by atoms with E-state index in [2.05, 4.69) is 5.32 Å². The Morgan fingerprint density at radius 2 is 1.80 bits per heavy atom. The van der Waals surface area contributed by atoms with Crippen LogP contribution in [0.2, 0.25) is 0 Å². The average molecular weight is 272 g/mol. The van der Waals surface area contributed by atoms with Gasteiger partial charge >= 0.3 is 0 Å². The molecule has 1 N–H and O–H groups in total. The molecule has 0 amide bonds. The van der Waals surface area contributed by atoms with Crippen molar-refractivity contribution in [2.75, 3.05) is 12.4 Å². The number of hydrogen-bond acceptors (Lipinski definition) is 4. The number of benzene rings is 1. The van der Waals surface area contributed by atoms with Crippen LogP contribution >= 0.6 is 0 Å². The minimum absolute atomic E-state index is 0.0872. The SMILES string of the molecule is COc1ccc(NC2C=CC([N+](=O)[O-])/C=C\C=C/2)cc1. The number of methoxy groups -OCH3 is 1. The van der Waals surface area contributed by atoms with Gasteiger partial charge < -0.3 is 10.1 Å². The summed E-state index contributed by atoms with van der Waals surface area (Å²) in [7, 11) is 1.62. The van der Waals surface area contributed by atoms with Gasteiger partial charge in [-0.25, -0.2) is 0 Å². The molecule has 0 radical (unpaired) electrons. The van der Waals surface area contributed by atoms with Crippen LogP contribution in [0.3, 0.4) is 0 Å². The van der Waals surface area contributed by atoms with Gasteiger partial charge in [-0.05, 0) is 36.4 Å². The third-order valence-electron chi connectivity index (χ3n) is 2.92. The molecule has 1 aromatic carbocycles. The molecule has 0 saturated heterocycles. The highest BCUT2D eigenvalue weighted by Gasteiger charge is 2.13. The predicted molar refractivity (Wildman–Crippen MR) is 78.6 cm³/mol. The van der Waals surface area contributed by atoms with E-state index in [9.17, 15) is 10.1 Å². The van der Waals surface area contributed by atoms with Crippen molar-refractivity contribution in [3.05, 3.63) is 70.8 Å². The van der Waals surface area contributed by atoms with Gasteiger partial charge in [0.1, 0.15) is 5.75 Å². The lowest BCUT2D eigenvalue weighted by molar-refractivity contribution is -0.496. The van der Waals surface area contributed by atoms with Crippen molar-refractivity contribution in [3.63, 3.8) is 0 Å². The fourth-order valence-electron chi connectivity index (χ4n) is 1.84. The Bertz CT molecular complexity index is 547. The molecule has 0 spiro atoms. The second-order valence-electron chi connectivity index (χ2n) is 4.33. The monoisotopic (exact) mass is 272 g/mol. The molecule has 0 heterocycles. The van der Waals surface area contributed by atoms with E-state index < -0.39 is 6.04 Å². The van der Waals surface area contributed by atoms with Crippen molar-refractivity contribution >= 4 is 5.69 Å². The molecule has 1 aromatic rings. The van der Waals surface area contributed by atoms with Crippen LogP contribution in [-0.2, 0) is 0 Å². The Labute approximate surface area is 117 Å². The molecule has 2 unspecified atom stereocenters. The summed E-state index contributed by atoms with van der Waals surface area (Å²) in [6, 6.07) is 6.66. The molecule has 0 bridgehead atoms. The van der Waals surface area contributed by atoms with Crippen LogP contribution in [-0.4, -0.2) is 24.1 Å². The van der Waals surface area contributed by atoms with Crippen LogP contribution in [0.15, 0.2) is 60.7 Å². The number of hydrogen-bond donors (Lipinski definition) is 1. The Morgan fingerprint density at radius 1 is 1.10 bits per heavy atom. The molecule has 5 nitrogen and oxygen atoms in total. The van der Waals surface area contributed by atoms with Gasteiger partial charge in [-0.15, -0.1) is 0 Å². The number of anilines is 1. The number of rotatable bonds is 4. The molecular formula is C15H16N2O3. The van der Waals surface area contributed by atoms with Crippen LogP contribution in [0.25, 0.3) is 0 Å². The van der Waals surface area contributed by atoms with E-state index in [0.29, 0.717) is 0 Å². The largest absolute Gasteiger partial charge is 0.497 e. The normalized spacial score (nSPS) is 24.2. The van der Waals surface area contributed by atoms with Gasteiger partial charge in [-0.2, -0.15) is 0 Å². The Balaban J connectivity index is 2.08. The van der Waals surface area contributed by atoms with E-state index in [1.54, 1.807) is 37.5 Å². The van der Waals surface area contributed by atoms with Gasteiger partial charge in [0.2, 0.25) is 6.04 Å². The highest BCUT2D eigenvalue weighted by molar-refractivity contribution is 5.49. The predicted octanol–water partition coefficient (Wildman–Crippen LogP) is 2.80. The molecule has 0 saturated carbocycles. The standard InChI is InChI=1S/C15H16N2O3/c1-20-15-10-7-13(8-11-15)16-12-4-2-3-5-14(9-6-12)17(18)19/h2-12,14,16H,1H3/b4-2-,5-3-,9-6?. The molecule has 0 aromatic heterocycles. The molecule has 5 heteroatoms. The number of nitrogens with zero attached hydrogens (tertiary/aromatic N) is 1. The van der Waals surface area contributed by atoms with Crippen molar-refractivity contribution in [1.29, 1.82) is 0 Å². The highest BCUT2D eigenvalue weighted by Crippen LogP contribution is 2.16. The second-order valence-corrected chi connectivity index (χ2v) is 4.33. The first kappa shape index (κ1) is 13.9. The smallest absolute Gasteiger partial charge is 0.249 e. The number of ether oxygens (including phenoxy) is 1. The maximum atomic E-state index is 10.8. The molecule has 1 aliphatic rings. The summed E-state index contributed by atoms with van der Waals surface area (Å²) >= 11 is 0.